The van der Waals surface area contributed by atoms with Crippen LogP contribution in [0.1, 0.15) is 27.2 Å². The number of nitrogens with zero attached hydrogens (tertiary/aromatic N) is 2. The number of rotatable bonds is 4. The fraction of sp³-hybridized carbons (Fsp3) is 1.00. The minimum atomic E-state index is 0.364. The molecule has 4 nitrogen and oxygen atoms in total. The molecule has 2 aliphatic heterocycles. The van der Waals surface area contributed by atoms with Gasteiger partial charge in [-0.25, -0.2) is 0 Å². The summed E-state index contributed by atoms with van der Waals surface area (Å²) < 4.78 is 5.89. The Morgan fingerprint density at radius 3 is 2.74 bits per heavy atom. The Morgan fingerprint density at radius 2 is 2.05 bits per heavy atom. The fourth-order valence-corrected chi connectivity index (χ4v) is 3.27. The molecule has 2 rings (SSSR count). The lowest BCUT2D eigenvalue weighted by Gasteiger charge is -2.38. The second kappa shape index (κ2) is 7.02. The molecule has 0 aromatic carbocycles. The van der Waals surface area contributed by atoms with Crippen molar-refractivity contribution in [2.45, 2.75) is 45.4 Å². The molecule has 0 aromatic rings. The molecule has 0 aliphatic carbocycles. The largest absolute Gasteiger partial charge is 0.374 e. The first-order chi connectivity index (χ1) is 9.06. The quantitative estimate of drug-likeness (QED) is 0.825. The van der Waals surface area contributed by atoms with E-state index < -0.39 is 0 Å². The van der Waals surface area contributed by atoms with E-state index in [0.717, 1.165) is 32.2 Å². The van der Waals surface area contributed by atoms with Gasteiger partial charge >= 0.3 is 0 Å². The number of ether oxygens (including phenoxy) is 1. The second-order valence-corrected chi connectivity index (χ2v) is 6.62. The van der Waals surface area contributed by atoms with Gasteiger partial charge in [0.05, 0.1) is 12.7 Å². The molecule has 0 amide bonds. The van der Waals surface area contributed by atoms with Crippen LogP contribution in [-0.4, -0.2) is 74.4 Å². The molecular weight excluding hydrogens is 238 g/mol. The predicted molar refractivity (Wildman–Crippen MR) is 79.5 cm³/mol. The summed E-state index contributed by atoms with van der Waals surface area (Å²) >= 11 is 0. The number of morpholine rings is 1. The van der Waals surface area contributed by atoms with Gasteiger partial charge in [-0.1, -0.05) is 6.92 Å². The highest BCUT2D eigenvalue weighted by atomic mass is 16.5. The van der Waals surface area contributed by atoms with Crippen LogP contribution in [0, 0.1) is 5.92 Å². The minimum Gasteiger partial charge on any atom is -0.374 e. The van der Waals surface area contributed by atoms with Crippen molar-refractivity contribution in [2.24, 2.45) is 5.92 Å². The average Bonchev–Trinajstić information content (AvgIpc) is 2.38. The van der Waals surface area contributed by atoms with Crippen molar-refractivity contribution in [2.75, 3.05) is 46.4 Å². The first kappa shape index (κ1) is 15.2. The SMILES string of the molecule is CC1CN(C)CCC1NCC1CN(C(C)C)CCO1. The lowest BCUT2D eigenvalue weighted by Crippen LogP contribution is -2.53. The van der Waals surface area contributed by atoms with Gasteiger partial charge in [-0.15, -0.1) is 0 Å². The van der Waals surface area contributed by atoms with Crippen LogP contribution in [0.2, 0.25) is 0 Å². The molecule has 1 N–H and O–H groups in total. The van der Waals surface area contributed by atoms with E-state index in [0.29, 0.717) is 18.2 Å². The highest BCUT2D eigenvalue weighted by Gasteiger charge is 2.26. The molecule has 4 heteroatoms. The number of hydrogen-bond acceptors (Lipinski definition) is 4. The molecule has 3 unspecified atom stereocenters. The second-order valence-electron chi connectivity index (χ2n) is 6.62. The Morgan fingerprint density at radius 1 is 1.26 bits per heavy atom. The zero-order valence-electron chi connectivity index (χ0n) is 13.1. The standard InChI is InChI=1S/C15H31N3O/c1-12(2)18-7-8-19-14(11-18)9-16-15-5-6-17(4)10-13(15)3/h12-16H,5-11H2,1-4H3. The summed E-state index contributed by atoms with van der Waals surface area (Å²) in [6.07, 6.45) is 1.63. The van der Waals surface area contributed by atoms with Crippen molar-refractivity contribution in [1.29, 1.82) is 0 Å². The van der Waals surface area contributed by atoms with E-state index in [1.54, 1.807) is 0 Å². The average molecular weight is 269 g/mol. The van der Waals surface area contributed by atoms with E-state index in [2.05, 4.69) is 42.9 Å². The van der Waals surface area contributed by atoms with Gasteiger partial charge in [0.25, 0.3) is 0 Å². The molecule has 2 saturated heterocycles. The zero-order chi connectivity index (χ0) is 13.8. The van der Waals surface area contributed by atoms with Crippen molar-refractivity contribution in [3.63, 3.8) is 0 Å². The van der Waals surface area contributed by atoms with Crippen molar-refractivity contribution in [3.8, 4) is 0 Å². The predicted octanol–water partition coefficient (Wildman–Crippen LogP) is 1.03. The van der Waals surface area contributed by atoms with Gasteiger partial charge in [-0.05, 0) is 39.8 Å². The lowest BCUT2D eigenvalue weighted by atomic mass is 9.94. The Bertz CT molecular complexity index is 272. The van der Waals surface area contributed by atoms with Crippen LogP contribution in [0.3, 0.4) is 0 Å². The first-order valence-corrected chi connectivity index (χ1v) is 7.84. The molecule has 19 heavy (non-hydrogen) atoms. The molecular formula is C15H31N3O. The Balaban J connectivity index is 1.73. The van der Waals surface area contributed by atoms with Crippen LogP contribution in [0.5, 0.6) is 0 Å². The molecule has 0 aromatic heterocycles. The summed E-state index contributed by atoms with van der Waals surface area (Å²) in [5, 5.41) is 3.74. The number of piperidine rings is 1. The van der Waals surface area contributed by atoms with Gasteiger partial charge in [0.1, 0.15) is 0 Å². The summed E-state index contributed by atoms with van der Waals surface area (Å²) in [6.45, 7) is 13.4. The molecule has 0 radical (unpaired) electrons. The number of hydrogen-bond donors (Lipinski definition) is 1. The molecule has 112 valence electrons. The Hall–Kier alpha value is -0.160. The number of nitrogens with one attached hydrogen (secondary N) is 1. The summed E-state index contributed by atoms with van der Waals surface area (Å²) in [4.78, 5) is 4.95. The van der Waals surface area contributed by atoms with E-state index in [1.807, 2.05) is 0 Å². The highest BCUT2D eigenvalue weighted by Crippen LogP contribution is 2.16. The summed E-state index contributed by atoms with van der Waals surface area (Å²) in [7, 11) is 2.22. The maximum Gasteiger partial charge on any atom is 0.0826 e. The molecule has 0 saturated carbocycles. The topological polar surface area (TPSA) is 27.7 Å². The molecule has 2 heterocycles. The van der Waals surface area contributed by atoms with Gasteiger partial charge in [-0.2, -0.15) is 0 Å². The van der Waals surface area contributed by atoms with Crippen LogP contribution in [0.4, 0.5) is 0 Å². The van der Waals surface area contributed by atoms with Crippen LogP contribution in [0.15, 0.2) is 0 Å². The summed E-state index contributed by atoms with van der Waals surface area (Å²) in [6, 6.07) is 1.29. The maximum atomic E-state index is 5.89. The maximum absolute atomic E-state index is 5.89. The number of likely N-dealkylation sites (tertiary alicyclic amines) is 1. The molecule has 0 spiro atoms. The molecule has 3 atom stereocenters. The third-order valence-electron chi connectivity index (χ3n) is 4.62. The Labute approximate surface area is 118 Å². The summed E-state index contributed by atoms with van der Waals surface area (Å²) in [5.74, 6) is 0.739. The highest BCUT2D eigenvalue weighted by molar-refractivity contribution is 4.84. The first-order valence-electron chi connectivity index (χ1n) is 7.84. The van der Waals surface area contributed by atoms with Gasteiger partial charge < -0.3 is 15.0 Å². The normalized spacial score (nSPS) is 34.9. The lowest BCUT2D eigenvalue weighted by molar-refractivity contribution is -0.0395. The van der Waals surface area contributed by atoms with Crippen LogP contribution in [-0.2, 0) is 4.74 Å². The minimum absolute atomic E-state index is 0.364. The van der Waals surface area contributed by atoms with Gasteiger partial charge in [-0.3, -0.25) is 4.90 Å². The van der Waals surface area contributed by atoms with Crippen LogP contribution >= 0.6 is 0 Å². The fourth-order valence-electron chi connectivity index (χ4n) is 3.27. The Kier molecular flexibility index (Phi) is 5.63. The van der Waals surface area contributed by atoms with Crippen molar-refractivity contribution in [1.82, 2.24) is 15.1 Å². The van der Waals surface area contributed by atoms with E-state index in [4.69, 9.17) is 4.74 Å². The molecule has 2 fully saturated rings. The van der Waals surface area contributed by atoms with E-state index in [9.17, 15) is 0 Å². The zero-order valence-corrected chi connectivity index (χ0v) is 13.1. The monoisotopic (exact) mass is 269 g/mol. The summed E-state index contributed by atoms with van der Waals surface area (Å²) in [5.41, 5.74) is 0. The van der Waals surface area contributed by atoms with Crippen LogP contribution < -0.4 is 5.32 Å². The third-order valence-corrected chi connectivity index (χ3v) is 4.62. The van der Waals surface area contributed by atoms with E-state index in [1.165, 1.54) is 19.5 Å². The smallest absolute Gasteiger partial charge is 0.0826 e. The van der Waals surface area contributed by atoms with Crippen molar-refractivity contribution >= 4 is 0 Å². The van der Waals surface area contributed by atoms with Crippen LogP contribution in [0.25, 0.3) is 0 Å². The van der Waals surface area contributed by atoms with E-state index >= 15 is 0 Å². The van der Waals surface area contributed by atoms with Crippen molar-refractivity contribution in [3.05, 3.63) is 0 Å². The third kappa shape index (κ3) is 4.42. The van der Waals surface area contributed by atoms with E-state index in [-0.39, 0.29) is 0 Å². The molecule has 0 bridgehead atoms. The van der Waals surface area contributed by atoms with Crippen molar-refractivity contribution < 1.29 is 4.74 Å². The van der Waals surface area contributed by atoms with Gasteiger partial charge in [0.15, 0.2) is 0 Å². The van der Waals surface area contributed by atoms with Gasteiger partial charge in [0, 0.05) is 38.3 Å². The molecule has 2 aliphatic rings. The van der Waals surface area contributed by atoms with Gasteiger partial charge in [0.2, 0.25) is 0 Å².